The Bertz CT molecular complexity index is 643. The Morgan fingerprint density at radius 3 is 2.71 bits per heavy atom. The smallest absolute Gasteiger partial charge is 0.224 e. The van der Waals surface area contributed by atoms with Crippen molar-refractivity contribution in [3.05, 3.63) is 29.8 Å². The summed E-state index contributed by atoms with van der Waals surface area (Å²) in [5.41, 5.74) is 1.88. The van der Waals surface area contributed by atoms with Crippen LogP contribution in [0.1, 0.15) is 63.9 Å². The normalized spacial score (nSPS) is 22.7. The van der Waals surface area contributed by atoms with Gasteiger partial charge in [-0.25, -0.2) is 0 Å². The number of benzene rings is 1. The Hall–Kier alpha value is -0.910. The number of rotatable bonds is 7. The molecule has 1 saturated carbocycles. The van der Waals surface area contributed by atoms with E-state index in [4.69, 9.17) is 0 Å². The fourth-order valence-corrected chi connectivity index (χ4v) is 5.99. The van der Waals surface area contributed by atoms with E-state index in [-0.39, 0.29) is 18.3 Å². The molecule has 158 valence electrons. The number of carbonyl (C=O) groups is 1. The zero-order valence-corrected chi connectivity index (χ0v) is 18.6. The molecule has 28 heavy (non-hydrogen) atoms. The number of nitrogens with one attached hydrogen (secondary N) is 2. The molecule has 1 saturated heterocycles. The monoisotopic (exact) mass is 426 g/mol. The van der Waals surface area contributed by atoms with Gasteiger partial charge in [-0.3, -0.25) is 9.00 Å². The van der Waals surface area contributed by atoms with Crippen molar-refractivity contribution in [3.63, 3.8) is 0 Å². The predicted molar refractivity (Wildman–Crippen MR) is 120 cm³/mol. The molecule has 2 N–H and O–H groups in total. The molecule has 6 heteroatoms. The lowest BCUT2D eigenvalue weighted by Crippen LogP contribution is -2.34. The summed E-state index contributed by atoms with van der Waals surface area (Å²) in [6.07, 6.45) is 8.87. The Balaban J connectivity index is 0.00000280. The number of hydrogen-bond acceptors (Lipinski definition) is 3. The maximum Gasteiger partial charge on any atom is 0.224 e. The van der Waals surface area contributed by atoms with E-state index >= 15 is 0 Å². The van der Waals surface area contributed by atoms with Gasteiger partial charge in [-0.05, 0) is 68.3 Å². The summed E-state index contributed by atoms with van der Waals surface area (Å²) in [4.78, 5) is 12.5. The molecule has 0 aromatic heterocycles. The second kappa shape index (κ2) is 11.9. The summed E-state index contributed by atoms with van der Waals surface area (Å²) in [6, 6.07) is 7.90. The summed E-state index contributed by atoms with van der Waals surface area (Å²) < 4.78 is 12.6. The number of piperidine rings is 1. The molecule has 3 atom stereocenters. The molecule has 1 aliphatic heterocycles. The molecule has 2 fully saturated rings. The maximum absolute atomic E-state index is 12.6. The Kier molecular flexibility index (Phi) is 9.96. The molecule has 2 aliphatic rings. The van der Waals surface area contributed by atoms with Crippen LogP contribution in [0.5, 0.6) is 0 Å². The zero-order chi connectivity index (χ0) is 19.1. The third kappa shape index (κ3) is 7.16. The van der Waals surface area contributed by atoms with Crippen molar-refractivity contribution in [1.82, 2.24) is 5.32 Å². The van der Waals surface area contributed by atoms with Gasteiger partial charge in [-0.2, -0.15) is 0 Å². The summed E-state index contributed by atoms with van der Waals surface area (Å²) >= 11 is 0. The van der Waals surface area contributed by atoms with Gasteiger partial charge in [-0.15, -0.1) is 12.4 Å². The van der Waals surface area contributed by atoms with Crippen molar-refractivity contribution >= 4 is 34.8 Å². The van der Waals surface area contributed by atoms with Gasteiger partial charge in [0.1, 0.15) is 0 Å². The minimum Gasteiger partial charge on any atom is -0.326 e. The summed E-state index contributed by atoms with van der Waals surface area (Å²) in [7, 11) is -0.811. The molecule has 1 amide bonds. The van der Waals surface area contributed by atoms with Crippen molar-refractivity contribution in [2.75, 3.05) is 18.4 Å². The number of halogens is 1. The van der Waals surface area contributed by atoms with Gasteiger partial charge >= 0.3 is 0 Å². The highest BCUT2D eigenvalue weighted by Crippen LogP contribution is 2.25. The van der Waals surface area contributed by atoms with Gasteiger partial charge < -0.3 is 10.6 Å². The van der Waals surface area contributed by atoms with E-state index in [0.29, 0.717) is 29.3 Å². The molecule has 0 radical (unpaired) electrons. The van der Waals surface area contributed by atoms with Gasteiger partial charge in [0.15, 0.2) is 0 Å². The van der Waals surface area contributed by atoms with Crippen LogP contribution < -0.4 is 10.6 Å². The third-order valence-electron chi connectivity index (χ3n) is 6.09. The van der Waals surface area contributed by atoms with Crippen LogP contribution in [0.2, 0.25) is 0 Å². The number of carbonyl (C=O) groups excluding carboxylic acids is 1. The van der Waals surface area contributed by atoms with E-state index < -0.39 is 10.8 Å². The average molecular weight is 427 g/mol. The van der Waals surface area contributed by atoms with E-state index in [0.717, 1.165) is 37.2 Å². The minimum absolute atomic E-state index is 0. The fraction of sp³-hybridized carbons (Fsp3) is 0.682. The second-order valence-corrected chi connectivity index (χ2v) is 10.0. The second-order valence-electron chi connectivity index (χ2n) is 8.32. The molecule has 3 rings (SSSR count). The highest BCUT2D eigenvalue weighted by molar-refractivity contribution is 7.84. The summed E-state index contributed by atoms with van der Waals surface area (Å²) in [5, 5.41) is 6.83. The Morgan fingerprint density at radius 2 is 2.00 bits per heavy atom. The highest BCUT2D eigenvalue weighted by atomic mass is 35.5. The molecule has 1 heterocycles. The fourth-order valence-electron chi connectivity index (χ4n) is 4.38. The van der Waals surface area contributed by atoms with Crippen LogP contribution in [0.4, 0.5) is 5.69 Å². The van der Waals surface area contributed by atoms with Crippen LogP contribution in [0.15, 0.2) is 24.3 Å². The molecule has 1 aromatic rings. The van der Waals surface area contributed by atoms with Gasteiger partial charge in [0.2, 0.25) is 5.91 Å². The zero-order valence-electron chi connectivity index (χ0n) is 17.0. The standard InChI is InChI=1S/C22H34N2O2S.ClH/c1-17(19-8-6-12-23-15-19)13-22(25)24-20-9-5-7-18(14-20)16-27(26)21-10-3-2-4-11-21;/h5,7,9,14,17,19,21,23H,2-4,6,8,10-13,15-16H2,1H3,(H,24,25);1H. The molecule has 4 nitrogen and oxygen atoms in total. The van der Waals surface area contributed by atoms with E-state index in [2.05, 4.69) is 17.6 Å². The van der Waals surface area contributed by atoms with Crippen molar-refractivity contribution < 1.29 is 9.00 Å². The molecular weight excluding hydrogens is 392 g/mol. The quantitative estimate of drug-likeness (QED) is 0.666. The lowest BCUT2D eigenvalue weighted by Gasteiger charge is -2.28. The third-order valence-corrected chi connectivity index (χ3v) is 7.92. The number of anilines is 1. The van der Waals surface area contributed by atoms with Gasteiger partial charge in [0.05, 0.1) is 0 Å². The largest absolute Gasteiger partial charge is 0.326 e. The molecule has 0 spiro atoms. The van der Waals surface area contributed by atoms with Crippen molar-refractivity contribution in [2.45, 2.75) is 69.3 Å². The first-order valence-corrected chi connectivity index (χ1v) is 12.0. The van der Waals surface area contributed by atoms with Crippen LogP contribution in [0.25, 0.3) is 0 Å². The highest BCUT2D eigenvalue weighted by Gasteiger charge is 2.22. The van der Waals surface area contributed by atoms with Gasteiger partial charge in [0, 0.05) is 33.9 Å². The van der Waals surface area contributed by atoms with Crippen molar-refractivity contribution in [1.29, 1.82) is 0 Å². The van der Waals surface area contributed by atoms with Crippen LogP contribution in [-0.4, -0.2) is 28.5 Å². The van der Waals surface area contributed by atoms with Crippen LogP contribution >= 0.6 is 12.4 Å². The van der Waals surface area contributed by atoms with E-state index in [9.17, 15) is 9.00 Å². The molecule has 1 aromatic carbocycles. The number of hydrogen-bond donors (Lipinski definition) is 2. The Labute approximate surface area is 178 Å². The number of amides is 1. The maximum atomic E-state index is 12.6. The summed E-state index contributed by atoms with van der Waals surface area (Å²) in [6.45, 7) is 4.31. The molecular formula is C22H35ClN2O2S. The molecule has 1 aliphatic carbocycles. The van der Waals surface area contributed by atoms with Gasteiger partial charge in [-0.1, -0.05) is 38.3 Å². The minimum atomic E-state index is -0.811. The molecule has 0 bridgehead atoms. The first-order chi connectivity index (χ1) is 13.1. The van der Waals surface area contributed by atoms with Gasteiger partial charge in [0.25, 0.3) is 0 Å². The van der Waals surface area contributed by atoms with Crippen LogP contribution in [0, 0.1) is 11.8 Å². The van der Waals surface area contributed by atoms with E-state index in [1.165, 1.54) is 32.1 Å². The van der Waals surface area contributed by atoms with Crippen LogP contribution in [0.3, 0.4) is 0 Å². The lowest BCUT2D eigenvalue weighted by atomic mass is 9.85. The average Bonchev–Trinajstić information content (AvgIpc) is 2.69. The van der Waals surface area contributed by atoms with Crippen LogP contribution in [-0.2, 0) is 21.3 Å². The first kappa shape index (κ1) is 23.4. The topological polar surface area (TPSA) is 58.2 Å². The first-order valence-electron chi connectivity index (χ1n) is 10.6. The SMILES string of the molecule is CC(CC(=O)Nc1cccc(CS(=O)C2CCCCC2)c1)C1CCCNC1.Cl. The lowest BCUT2D eigenvalue weighted by molar-refractivity contribution is -0.117. The Morgan fingerprint density at radius 1 is 1.21 bits per heavy atom. The van der Waals surface area contributed by atoms with E-state index in [1.54, 1.807) is 0 Å². The van der Waals surface area contributed by atoms with E-state index in [1.807, 2.05) is 24.3 Å². The summed E-state index contributed by atoms with van der Waals surface area (Å²) in [5.74, 6) is 1.66. The molecule has 3 unspecified atom stereocenters. The van der Waals surface area contributed by atoms with Crippen molar-refractivity contribution in [2.24, 2.45) is 11.8 Å². The predicted octanol–water partition coefficient (Wildman–Crippen LogP) is 4.65. The van der Waals surface area contributed by atoms with Crippen molar-refractivity contribution in [3.8, 4) is 0 Å².